The highest BCUT2D eigenvalue weighted by atomic mass is 35.5. The number of hydrogen-bond donors (Lipinski definition) is 0. The minimum atomic E-state index is -0.205. The van der Waals surface area contributed by atoms with Crippen molar-refractivity contribution in [3.8, 4) is 5.82 Å². The van der Waals surface area contributed by atoms with Crippen molar-refractivity contribution < 1.29 is 0 Å². The first-order chi connectivity index (χ1) is 12.7. The van der Waals surface area contributed by atoms with Gasteiger partial charge in [0.05, 0.1) is 10.9 Å². The van der Waals surface area contributed by atoms with E-state index in [1.807, 2.05) is 48.6 Å². The Kier molecular flexibility index (Phi) is 4.33. The van der Waals surface area contributed by atoms with E-state index < -0.39 is 0 Å². The Morgan fingerprint density at radius 1 is 0.923 bits per heavy atom. The fraction of sp³-hybridized carbons (Fsp3) is 0. The molecule has 0 radical (unpaired) electrons. The van der Waals surface area contributed by atoms with Crippen molar-refractivity contribution in [2.45, 2.75) is 0 Å². The molecule has 0 spiro atoms. The van der Waals surface area contributed by atoms with E-state index in [4.69, 9.17) is 11.6 Å². The number of fused-ring (bicyclic) bond motifs is 1. The molecule has 4 rings (SSSR count). The van der Waals surface area contributed by atoms with E-state index in [-0.39, 0.29) is 5.56 Å². The summed E-state index contributed by atoms with van der Waals surface area (Å²) in [5, 5.41) is 0.955. The topological polar surface area (TPSA) is 47.8 Å². The van der Waals surface area contributed by atoms with E-state index in [1.165, 1.54) is 4.57 Å². The molecular weight excluding hydrogens is 346 g/mol. The van der Waals surface area contributed by atoms with Crippen LogP contribution in [0.3, 0.4) is 0 Å². The number of benzene rings is 2. The van der Waals surface area contributed by atoms with Crippen LogP contribution >= 0.6 is 11.6 Å². The summed E-state index contributed by atoms with van der Waals surface area (Å²) in [6.45, 7) is 0. The molecule has 4 nitrogen and oxygen atoms in total. The van der Waals surface area contributed by atoms with Crippen molar-refractivity contribution in [1.82, 2.24) is 14.5 Å². The second-order valence-electron chi connectivity index (χ2n) is 5.70. The molecule has 0 unspecified atom stereocenters. The number of nitrogens with zero attached hydrogens (tertiary/aromatic N) is 3. The standard InChI is InChI=1S/C21H14ClN3O/c22-16-10-11-18-17(14-16)21(26)25(19-8-4-5-13-23-19)20(24-18)12-9-15-6-2-1-3-7-15/h1-14H. The van der Waals surface area contributed by atoms with Crippen LogP contribution in [0.25, 0.3) is 28.9 Å². The van der Waals surface area contributed by atoms with Crippen LogP contribution in [0, 0.1) is 0 Å². The largest absolute Gasteiger partial charge is 0.268 e. The molecule has 2 aromatic heterocycles. The zero-order valence-corrected chi connectivity index (χ0v) is 14.5. The van der Waals surface area contributed by atoms with Gasteiger partial charge in [-0.3, -0.25) is 4.79 Å². The highest BCUT2D eigenvalue weighted by Gasteiger charge is 2.12. The molecule has 0 aliphatic rings. The van der Waals surface area contributed by atoms with Crippen LogP contribution in [0.5, 0.6) is 0 Å². The summed E-state index contributed by atoms with van der Waals surface area (Å²) in [5.74, 6) is 1.02. The van der Waals surface area contributed by atoms with Gasteiger partial charge in [-0.1, -0.05) is 54.1 Å². The Bertz CT molecular complexity index is 1150. The number of hydrogen-bond acceptors (Lipinski definition) is 3. The maximum absolute atomic E-state index is 13.1. The molecule has 2 heterocycles. The van der Waals surface area contributed by atoms with Gasteiger partial charge in [-0.15, -0.1) is 0 Å². The predicted octanol–water partition coefficient (Wildman–Crippen LogP) is 4.60. The molecule has 126 valence electrons. The average molecular weight is 360 g/mol. The van der Waals surface area contributed by atoms with Crippen LogP contribution in [-0.4, -0.2) is 14.5 Å². The van der Waals surface area contributed by atoms with E-state index in [1.54, 1.807) is 36.5 Å². The van der Waals surface area contributed by atoms with Gasteiger partial charge in [0.2, 0.25) is 0 Å². The molecule has 0 atom stereocenters. The number of pyridine rings is 1. The fourth-order valence-corrected chi connectivity index (χ4v) is 2.90. The van der Waals surface area contributed by atoms with Gasteiger partial charge in [0.25, 0.3) is 5.56 Å². The van der Waals surface area contributed by atoms with Crippen LogP contribution < -0.4 is 5.56 Å². The molecule has 0 saturated heterocycles. The summed E-state index contributed by atoms with van der Waals surface area (Å²) in [5.41, 5.74) is 1.41. The third kappa shape index (κ3) is 3.15. The Labute approximate surface area is 155 Å². The molecule has 26 heavy (non-hydrogen) atoms. The summed E-state index contributed by atoms with van der Waals surface area (Å²) in [4.78, 5) is 22.1. The highest BCUT2D eigenvalue weighted by molar-refractivity contribution is 6.31. The Hall–Kier alpha value is -3.24. The molecule has 0 fully saturated rings. The molecule has 0 aliphatic heterocycles. The number of halogens is 1. The normalized spacial score (nSPS) is 11.3. The van der Waals surface area contributed by atoms with Crippen LogP contribution in [0.1, 0.15) is 11.4 Å². The molecular formula is C21H14ClN3O. The lowest BCUT2D eigenvalue weighted by Gasteiger charge is -2.10. The lowest BCUT2D eigenvalue weighted by molar-refractivity contribution is 0.905. The van der Waals surface area contributed by atoms with E-state index in [0.717, 1.165) is 5.56 Å². The zero-order chi connectivity index (χ0) is 17.9. The first-order valence-corrected chi connectivity index (χ1v) is 8.47. The molecule has 0 aliphatic carbocycles. The fourth-order valence-electron chi connectivity index (χ4n) is 2.73. The van der Waals surface area contributed by atoms with Gasteiger partial charge in [-0.2, -0.15) is 0 Å². The summed E-state index contributed by atoms with van der Waals surface area (Å²) in [6.07, 6.45) is 5.39. The zero-order valence-electron chi connectivity index (χ0n) is 13.7. The maximum Gasteiger partial charge on any atom is 0.267 e. The summed E-state index contributed by atoms with van der Waals surface area (Å²) in [7, 11) is 0. The van der Waals surface area contributed by atoms with Crippen LogP contribution in [0.2, 0.25) is 5.02 Å². The van der Waals surface area contributed by atoms with Crippen molar-refractivity contribution in [3.05, 3.63) is 99.7 Å². The maximum atomic E-state index is 13.1. The molecule has 0 saturated carbocycles. The SMILES string of the molecule is O=c1c2cc(Cl)ccc2nc(C=Cc2ccccc2)n1-c1ccccn1. The van der Waals surface area contributed by atoms with Crippen LogP contribution in [0.4, 0.5) is 0 Å². The Balaban J connectivity index is 1.97. The van der Waals surface area contributed by atoms with Gasteiger partial charge in [0.1, 0.15) is 11.6 Å². The molecule has 5 heteroatoms. The van der Waals surface area contributed by atoms with Crippen molar-refractivity contribution >= 4 is 34.7 Å². The lowest BCUT2D eigenvalue weighted by Crippen LogP contribution is -2.23. The number of rotatable bonds is 3. The van der Waals surface area contributed by atoms with Crippen molar-refractivity contribution in [1.29, 1.82) is 0 Å². The highest BCUT2D eigenvalue weighted by Crippen LogP contribution is 2.18. The van der Waals surface area contributed by atoms with Crippen LogP contribution in [0.15, 0.2) is 77.7 Å². The Morgan fingerprint density at radius 2 is 1.73 bits per heavy atom. The average Bonchev–Trinajstić information content (AvgIpc) is 2.68. The molecule has 0 N–H and O–H groups in total. The van der Waals surface area contributed by atoms with Gasteiger partial charge in [0, 0.05) is 11.2 Å². The smallest absolute Gasteiger partial charge is 0.267 e. The van der Waals surface area contributed by atoms with E-state index >= 15 is 0 Å². The third-order valence-electron chi connectivity index (χ3n) is 3.96. The van der Waals surface area contributed by atoms with E-state index in [9.17, 15) is 4.79 Å². The molecule has 2 aromatic carbocycles. The van der Waals surface area contributed by atoms with Gasteiger partial charge in [-0.25, -0.2) is 14.5 Å². The van der Waals surface area contributed by atoms with Gasteiger partial charge >= 0.3 is 0 Å². The summed E-state index contributed by atoms with van der Waals surface area (Å²) >= 11 is 6.06. The second kappa shape index (κ2) is 6.94. The Morgan fingerprint density at radius 3 is 2.50 bits per heavy atom. The minimum absolute atomic E-state index is 0.205. The molecule has 0 amide bonds. The van der Waals surface area contributed by atoms with Crippen molar-refractivity contribution in [3.63, 3.8) is 0 Å². The monoisotopic (exact) mass is 359 g/mol. The van der Waals surface area contributed by atoms with Crippen molar-refractivity contribution in [2.75, 3.05) is 0 Å². The van der Waals surface area contributed by atoms with E-state index in [2.05, 4.69) is 9.97 Å². The quantitative estimate of drug-likeness (QED) is 0.537. The predicted molar refractivity (Wildman–Crippen MR) is 106 cm³/mol. The minimum Gasteiger partial charge on any atom is -0.268 e. The van der Waals surface area contributed by atoms with E-state index in [0.29, 0.717) is 27.6 Å². The lowest BCUT2D eigenvalue weighted by atomic mass is 10.2. The molecule has 4 aromatic rings. The second-order valence-corrected chi connectivity index (χ2v) is 6.14. The van der Waals surface area contributed by atoms with Crippen molar-refractivity contribution in [2.24, 2.45) is 0 Å². The summed E-state index contributed by atoms with van der Waals surface area (Å²) < 4.78 is 1.50. The van der Waals surface area contributed by atoms with Gasteiger partial charge < -0.3 is 0 Å². The van der Waals surface area contributed by atoms with Crippen LogP contribution in [-0.2, 0) is 0 Å². The molecule has 0 bridgehead atoms. The summed E-state index contributed by atoms with van der Waals surface area (Å²) in [6, 6.07) is 20.4. The first kappa shape index (κ1) is 16.2. The number of aromatic nitrogens is 3. The van der Waals surface area contributed by atoms with Gasteiger partial charge in [-0.05, 0) is 42.0 Å². The first-order valence-electron chi connectivity index (χ1n) is 8.09. The third-order valence-corrected chi connectivity index (χ3v) is 4.19. The van der Waals surface area contributed by atoms with Gasteiger partial charge in [0.15, 0.2) is 0 Å².